The van der Waals surface area contributed by atoms with Gasteiger partial charge < -0.3 is 4.74 Å². The summed E-state index contributed by atoms with van der Waals surface area (Å²) in [5, 5.41) is -0.512. The Labute approximate surface area is 52.5 Å². The molecule has 42 valence electrons. The highest BCUT2D eigenvalue weighted by atomic mass is 35.5. The van der Waals surface area contributed by atoms with E-state index in [4.69, 9.17) is 27.9 Å². The van der Waals surface area contributed by atoms with Crippen molar-refractivity contribution in [2.75, 3.05) is 0 Å². The molecule has 0 aliphatic carbocycles. The van der Waals surface area contributed by atoms with Gasteiger partial charge in [0.1, 0.15) is 0 Å². The molecule has 1 aliphatic rings. The Hall–Kier alpha value is 0.540. The lowest BCUT2D eigenvalue weighted by Crippen LogP contribution is -1.97. The normalized spacial score (nSPS) is 49.3. The minimum absolute atomic E-state index is 0.251. The summed E-state index contributed by atoms with van der Waals surface area (Å²) >= 11 is 11.1. The lowest BCUT2D eigenvalue weighted by atomic mass is 10.4. The van der Waals surface area contributed by atoms with Gasteiger partial charge in [-0.2, -0.15) is 0 Å². The highest BCUT2D eigenvalue weighted by Gasteiger charge is 2.52. The summed E-state index contributed by atoms with van der Waals surface area (Å²) in [6.07, 6.45) is 0.780. The number of alkyl halides is 2. The largest absolute Gasteiger partial charge is 0.332 e. The molecular formula is C4H6Cl2O. The maximum Gasteiger partial charge on any atom is 0.183 e. The lowest BCUT2D eigenvalue weighted by Gasteiger charge is -1.90. The molecule has 2 atom stereocenters. The molecule has 2 unspecified atom stereocenters. The number of halogens is 2. The Balaban J connectivity index is 2.36. The van der Waals surface area contributed by atoms with Gasteiger partial charge >= 0.3 is 0 Å². The van der Waals surface area contributed by atoms with Crippen LogP contribution in [0.2, 0.25) is 0 Å². The summed E-state index contributed by atoms with van der Waals surface area (Å²) in [7, 11) is 0. The molecule has 0 aromatic heterocycles. The molecule has 0 saturated carbocycles. The molecule has 1 aliphatic heterocycles. The molecular weight excluding hydrogens is 135 g/mol. The van der Waals surface area contributed by atoms with E-state index in [0.717, 1.165) is 6.42 Å². The Bertz CT molecular complexity index is 81.8. The summed E-state index contributed by atoms with van der Waals surface area (Å²) in [4.78, 5) is 0. The van der Waals surface area contributed by atoms with Gasteiger partial charge in [0, 0.05) is 0 Å². The molecule has 1 saturated heterocycles. The fourth-order valence-corrected chi connectivity index (χ4v) is 0.830. The quantitative estimate of drug-likeness (QED) is 0.401. The third-order valence-electron chi connectivity index (χ3n) is 1.06. The minimum Gasteiger partial charge on any atom is -0.332 e. The Morgan fingerprint density at radius 3 is 2.29 bits per heavy atom. The molecule has 0 amide bonds. The fraction of sp³-hybridized carbons (Fsp3) is 1.00. The van der Waals surface area contributed by atoms with Crippen LogP contribution in [-0.4, -0.2) is 10.6 Å². The summed E-state index contributed by atoms with van der Waals surface area (Å²) in [5.74, 6) is 0. The van der Waals surface area contributed by atoms with E-state index in [2.05, 4.69) is 0 Å². The van der Waals surface area contributed by atoms with Crippen molar-refractivity contribution in [2.45, 2.75) is 24.0 Å². The standard InChI is InChI=1S/C4H6Cl2O/c1-2-4(6)3(5)7-4/h3H,2H2,1H3. The summed E-state index contributed by atoms with van der Waals surface area (Å²) in [6, 6.07) is 0. The van der Waals surface area contributed by atoms with Crippen molar-refractivity contribution in [1.29, 1.82) is 0 Å². The molecule has 0 spiro atoms. The van der Waals surface area contributed by atoms with E-state index in [1.807, 2.05) is 6.92 Å². The van der Waals surface area contributed by atoms with E-state index in [0.29, 0.717) is 0 Å². The molecule has 1 heterocycles. The van der Waals surface area contributed by atoms with Gasteiger partial charge in [-0.15, -0.1) is 0 Å². The van der Waals surface area contributed by atoms with Gasteiger partial charge in [0.05, 0.1) is 0 Å². The summed E-state index contributed by atoms with van der Waals surface area (Å²) < 4.78 is 4.78. The van der Waals surface area contributed by atoms with E-state index in [-0.39, 0.29) is 5.56 Å². The first-order chi connectivity index (χ1) is 3.19. The highest BCUT2D eigenvalue weighted by molar-refractivity contribution is 6.34. The van der Waals surface area contributed by atoms with Crippen molar-refractivity contribution < 1.29 is 4.74 Å². The van der Waals surface area contributed by atoms with Crippen LogP contribution in [0.5, 0.6) is 0 Å². The average molecular weight is 141 g/mol. The molecule has 1 nitrogen and oxygen atoms in total. The molecule has 3 heteroatoms. The van der Waals surface area contributed by atoms with Gasteiger partial charge in [0.25, 0.3) is 0 Å². The van der Waals surface area contributed by atoms with Crippen LogP contribution in [0.3, 0.4) is 0 Å². The van der Waals surface area contributed by atoms with E-state index in [1.54, 1.807) is 0 Å². The lowest BCUT2D eigenvalue weighted by molar-refractivity contribution is 0.366. The maximum absolute atomic E-state index is 5.62. The van der Waals surface area contributed by atoms with Crippen molar-refractivity contribution in [2.24, 2.45) is 0 Å². The number of hydrogen-bond acceptors (Lipinski definition) is 1. The Kier molecular flexibility index (Phi) is 1.22. The van der Waals surface area contributed by atoms with Gasteiger partial charge in [-0.05, 0) is 6.42 Å². The van der Waals surface area contributed by atoms with Crippen molar-refractivity contribution in [3.63, 3.8) is 0 Å². The van der Waals surface area contributed by atoms with Crippen LogP contribution in [0, 0.1) is 0 Å². The van der Waals surface area contributed by atoms with Gasteiger partial charge in [-0.25, -0.2) is 0 Å². The fourth-order valence-electron chi connectivity index (χ4n) is 0.382. The molecule has 0 N–H and O–H groups in total. The zero-order valence-corrected chi connectivity index (χ0v) is 5.46. The number of ether oxygens (including phenoxy) is 1. The van der Waals surface area contributed by atoms with Crippen LogP contribution >= 0.6 is 23.2 Å². The Morgan fingerprint density at radius 1 is 1.86 bits per heavy atom. The van der Waals surface area contributed by atoms with E-state index < -0.39 is 5.06 Å². The number of epoxide rings is 1. The topological polar surface area (TPSA) is 12.5 Å². The zero-order chi connectivity index (χ0) is 5.49. The second-order valence-electron chi connectivity index (χ2n) is 1.57. The molecule has 7 heavy (non-hydrogen) atoms. The molecule has 1 fully saturated rings. The third-order valence-corrected chi connectivity index (χ3v) is 2.17. The maximum atomic E-state index is 5.62. The van der Waals surface area contributed by atoms with Crippen molar-refractivity contribution >= 4 is 23.2 Å². The summed E-state index contributed by atoms with van der Waals surface area (Å²) in [6.45, 7) is 1.94. The van der Waals surface area contributed by atoms with Gasteiger partial charge in [0.15, 0.2) is 10.6 Å². The van der Waals surface area contributed by atoms with Gasteiger partial charge in [-0.3, -0.25) is 0 Å². The van der Waals surface area contributed by atoms with Crippen LogP contribution in [0.1, 0.15) is 13.3 Å². The number of hydrogen-bond donors (Lipinski definition) is 0. The first-order valence-corrected chi connectivity index (χ1v) is 3.01. The van der Waals surface area contributed by atoms with Gasteiger partial charge in [-0.1, -0.05) is 30.1 Å². The predicted molar refractivity (Wildman–Crippen MR) is 29.6 cm³/mol. The highest BCUT2D eigenvalue weighted by Crippen LogP contribution is 2.45. The SMILES string of the molecule is CCC1(Cl)OC1Cl. The first kappa shape index (κ1) is 5.67. The van der Waals surface area contributed by atoms with Crippen LogP contribution in [0.15, 0.2) is 0 Å². The molecule has 0 radical (unpaired) electrons. The van der Waals surface area contributed by atoms with Crippen molar-refractivity contribution in [3.05, 3.63) is 0 Å². The van der Waals surface area contributed by atoms with Crippen LogP contribution in [0.4, 0.5) is 0 Å². The second kappa shape index (κ2) is 1.51. The van der Waals surface area contributed by atoms with Crippen LogP contribution in [-0.2, 0) is 4.74 Å². The Morgan fingerprint density at radius 2 is 2.29 bits per heavy atom. The second-order valence-corrected chi connectivity index (χ2v) is 2.61. The monoisotopic (exact) mass is 140 g/mol. The minimum atomic E-state index is -0.512. The van der Waals surface area contributed by atoms with Gasteiger partial charge in [0.2, 0.25) is 0 Å². The molecule has 0 aromatic rings. The average Bonchev–Trinajstić information content (AvgIpc) is 2.18. The van der Waals surface area contributed by atoms with Crippen LogP contribution in [0.25, 0.3) is 0 Å². The molecule has 1 rings (SSSR count). The van der Waals surface area contributed by atoms with Crippen molar-refractivity contribution in [1.82, 2.24) is 0 Å². The summed E-state index contributed by atoms with van der Waals surface area (Å²) in [5.41, 5.74) is -0.251. The number of rotatable bonds is 1. The predicted octanol–water partition coefficient (Wildman–Crippen LogP) is 1.93. The zero-order valence-electron chi connectivity index (χ0n) is 3.95. The smallest absolute Gasteiger partial charge is 0.183 e. The van der Waals surface area contributed by atoms with E-state index in [9.17, 15) is 0 Å². The van der Waals surface area contributed by atoms with E-state index >= 15 is 0 Å². The molecule has 0 bridgehead atoms. The molecule has 0 aromatic carbocycles. The van der Waals surface area contributed by atoms with Crippen LogP contribution < -0.4 is 0 Å². The first-order valence-electron chi connectivity index (χ1n) is 2.20. The van der Waals surface area contributed by atoms with Crippen molar-refractivity contribution in [3.8, 4) is 0 Å². The third kappa shape index (κ3) is 0.857. The van der Waals surface area contributed by atoms with E-state index in [1.165, 1.54) is 0 Å².